The summed E-state index contributed by atoms with van der Waals surface area (Å²) in [6.45, 7) is 5.83. The summed E-state index contributed by atoms with van der Waals surface area (Å²) in [5.41, 5.74) is -0.300. The molecule has 0 bridgehead atoms. The van der Waals surface area contributed by atoms with E-state index in [1.165, 1.54) is 18.2 Å². The van der Waals surface area contributed by atoms with Gasteiger partial charge in [-0.1, -0.05) is 37.5 Å². The summed E-state index contributed by atoms with van der Waals surface area (Å²) in [6.07, 6.45) is 0. The van der Waals surface area contributed by atoms with E-state index in [9.17, 15) is 14.9 Å². The zero-order valence-electron chi connectivity index (χ0n) is 12.7. The van der Waals surface area contributed by atoms with Crippen LogP contribution in [0.1, 0.15) is 26.5 Å². The van der Waals surface area contributed by atoms with Gasteiger partial charge in [-0.05, 0) is 6.07 Å². The average Bonchev–Trinajstić information content (AvgIpc) is 2.89. The molecular weight excluding hydrogens is 324 g/mol. The third-order valence-electron chi connectivity index (χ3n) is 2.90. The fraction of sp³-hybridized carbons (Fsp3) is 0.286. The number of hydrogen-bond acceptors (Lipinski definition) is 5. The number of non-ortho nitro benzene ring substituents is 1. The summed E-state index contributed by atoms with van der Waals surface area (Å²) in [5.74, 6) is 0.843. The number of nitrogens with one attached hydrogen (secondary N) is 2. The van der Waals surface area contributed by atoms with Crippen LogP contribution in [0.5, 0.6) is 0 Å². The lowest BCUT2D eigenvalue weighted by Gasteiger charge is -2.12. The highest BCUT2D eigenvalue weighted by molar-refractivity contribution is 6.33. The van der Waals surface area contributed by atoms with Crippen molar-refractivity contribution in [3.63, 3.8) is 0 Å². The second kappa shape index (κ2) is 6.25. The smallest absolute Gasteiger partial charge is 0.324 e. The molecule has 0 aliphatic heterocycles. The Morgan fingerprint density at radius 3 is 2.57 bits per heavy atom. The predicted octanol–water partition coefficient (Wildman–Crippen LogP) is 4.18. The Morgan fingerprint density at radius 2 is 2.00 bits per heavy atom. The van der Waals surface area contributed by atoms with Gasteiger partial charge in [0.25, 0.3) is 5.69 Å². The first-order valence-electron chi connectivity index (χ1n) is 6.66. The lowest BCUT2D eigenvalue weighted by molar-refractivity contribution is -0.384. The Kier molecular flexibility index (Phi) is 4.55. The van der Waals surface area contributed by atoms with Crippen LogP contribution in [0.15, 0.2) is 28.8 Å². The first-order chi connectivity index (χ1) is 10.7. The number of hydrogen-bond donors (Lipinski definition) is 2. The van der Waals surface area contributed by atoms with Crippen molar-refractivity contribution in [1.29, 1.82) is 0 Å². The van der Waals surface area contributed by atoms with Crippen molar-refractivity contribution in [3.8, 4) is 0 Å². The summed E-state index contributed by atoms with van der Waals surface area (Å²) >= 11 is 5.91. The number of amides is 2. The second-order valence-electron chi connectivity index (χ2n) is 5.83. The number of urea groups is 1. The van der Waals surface area contributed by atoms with Crippen LogP contribution in [0.2, 0.25) is 5.02 Å². The van der Waals surface area contributed by atoms with E-state index < -0.39 is 11.0 Å². The number of nitrogens with zero attached hydrogens (tertiary/aromatic N) is 2. The highest BCUT2D eigenvalue weighted by atomic mass is 35.5. The maximum Gasteiger partial charge on any atom is 0.324 e. The largest absolute Gasteiger partial charge is 0.359 e. The Bertz CT molecular complexity index is 751. The first kappa shape index (κ1) is 16.8. The van der Waals surface area contributed by atoms with Crippen LogP contribution in [-0.2, 0) is 5.41 Å². The molecule has 1 heterocycles. The minimum atomic E-state index is -0.638. The molecule has 122 valence electrons. The van der Waals surface area contributed by atoms with Crippen LogP contribution in [0.25, 0.3) is 0 Å². The highest BCUT2D eigenvalue weighted by Gasteiger charge is 2.20. The summed E-state index contributed by atoms with van der Waals surface area (Å²) in [5, 5.41) is 19.6. The Hall–Kier alpha value is -2.61. The van der Waals surface area contributed by atoms with Crippen LogP contribution in [-0.4, -0.2) is 16.1 Å². The molecule has 2 aromatic rings. The van der Waals surface area contributed by atoms with E-state index in [-0.39, 0.29) is 27.6 Å². The van der Waals surface area contributed by atoms with Crippen molar-refractivity contribution < 1.29 is 14.2 Å². The van der Waals surface area contributed by atoms with Crippen molar-refractivity contribution in [2.24, 2.45) is 0 Å². The van der Waals surface area contributed by atoms with E-state index in [4.69, 9.17) is 16.1 Å². The molecule has 0 saturated heterocycles. The van der Waals surface area contributed by atoms with Crippen molar-refractivity contribution in [2.45, 2.75) is 26.2 Å². The standard InChI is InChI=1S/C14H15ClN4O4/c1-14(2,3)11-7-12(18-23-11)17-13(20)16-10-6-8(19(21)22)4-5-9(10)15/h4-7H,1-3H3,(H2,16,17,18,20). The Labute approximate surface area is 136 Å². The van der Waals surface area contributed by atoms with Crippen molar-refractivity contribution in [2.75, 3.05) is 10.6 Å². The molecule has 0 saturated carbocycles. The van der Waals surface area contributed by atoms with E-state index in [1.807, 2.05) is 20.8 Å². The first-order valence-corrected chi connectivity index (χ1v) is 7.04. The van der Waals surface area contributed by atoms with Gasteiger partial charge in [-0.15, -0.1) is 0 Å². The number of rotatable bonds is 3. The fourth-order valence-electron chi connectivity index (χ4n) is 1.68. The fourth-order valence-corrected chi connectivity index (χ4v) is 1.84. The lowest BCUT2D eigenvalue weighted by Crippen LogP contribution is -2.20. The molecule has 0 atom stereocenters. The second-order valence-corrected chi connectivity index (χ2v) is 6.23. The van der Waals surface area contributed by atoms with Gasteiger partial charge in [0.15, 0.2) is 5.82 Å². The van der Waals surface area contributed by atoms with E-state index in [2.05, 4.69) is 15.8 Å². The molecule has 0 spiro atoms. The SMILES string of the molecule is CC(C)(C)c1cc(NC(=O)Nc2cc([N+](=O)[O-])ccc2Cl)no1. The van der Waals surface area contributed by atoms with E-state index in [0.717, 1.165) is 0 Å². The van der Waals surface area contributed by atoms with Crippen molar-refractivity contribution >= 4 is 34.8 Å². The minimum absolute atomic E-state index is 0.123. The summed E-state index contributed by atoms with van der Waals surface area (Å²) in [4.78, 5) is 22.1. The van der Waals surface area contributed by atoms with Gasteiger partial charge in [0.1, 0.15) is 5.76 Å². The molecule has 2 N–H and O–H groups in total. The number of aromatic nitrogens is 1. The zero-order valence-corrected chi connectivity index (χ0v) is 13.5. The van der Waals surface area contributed by atoms with E-state index in [0.29, 0.717) is 5.76 Å². The van der Waals surface area contributed by atoms with Crippen LogP contribution in [0.4, 0.5) is 22.0 Å². The lowest BCUT2D eigenvalue weighted by atomic mass is 9.93. The minimum Gasteiger partial charge on any atom is -0.359 e. The average molecular weight is 339 g/mol. The topological polar surface area (TPSA) is 110 Å². The molecular formula is C14H15ClN4O4. The normalized spacial score (nSPS) is 11.1. The quantitative estimate of drug-likeness (QED) is 0.644. The van der Waals surface area contributed by atoms with Crippen LogP contribution in [0.3, 0.4) is 0 Å². The van der Waals surface area contributed by atoms with Gasteiger partial charge < -0.3 is 9.84 Å². The molecule has 2 amide bonds. The molecule has 0 unspecified atom stereocenters. The monoisotopic (exact) mass is 338 g/mol. The maximum absolute atomic E-state index is 11.9. The number of nitro benzene ring substituents is 1. The Balaban J connectivity index is 2.09. The summed E-state index contributed by atoms with van der Waals surface area (Å²) < 4.78 is 5.15. The van der Waals surface area contributed by atoms with Gasteiger partial charge in [-0.25, -0.2) is 4.79 Å². The number of carbonyl (C=O) groups excluding carboxylic acids is 1. The maximum atomic E-state index is 11.9. The number of nitro groups is 1. The molecule has 8 nitrogen and oxygen atoms in total. The van der Waals surface area contributed by atoms with Crippen LogP contribution in [0, 0.1) is 10.1 Å². The molecule has 0 fully saturated rings. The number of halogens is 1. The molecule has 0 aliphatic rings. The third-order valence-corrected chi connectivity index (χ3v) is 3.23. The molecule has 23 heavy (non-hydrogen) atoms. The van der Waals surface area contributed by atoms with Gasteiger partial charge in [0, 0.05) is 23.6 Å². The van der Waals surface area contributed by atoms with Crippen molar-refractivity contribution in [3.05, 3.63) is 45.2 Å². The van der Waals surface area contributed by atoms with E-state index in [1.54, 1.807) is 6.07 Å². The molecule has 0 radical (unpaired) electrons. The van der Waals surface area contributed by atoms with Gasteiger partial charge in [0.05, 0.1) is 15.6 Å². The number of anilines is 2. The Morgan fingerprint density at radius 1 is 1.30 bits per heavy atom. The molecule has 1 aromatic heterocycles. The number of carbonyl (C=O) groups is 1. The molecule has 9 heteroatoms. The highest BCUT2D eigenvalue weighted by Crippen LogP contribution is 2.27. The predicted molar refractivity (Wildman–Crippen MR) is 86.0 cm³/mol. The van der Waals surface area contributed by atoms with Crippen LogP contribution < -0.4 is 10.6 Å². The van der Waals surface area contributed by atoms with Crippen LogP contribution >= 0.6 is 11.6 Å². The summed E-state index contributed by atoms with van der Waals surface area (Å²) in [7, 11) is 0. The number of benzene rings is 1. The van der Waals surface area contributed by atoms with Crippen molar-refractivity contribution in [1.82, 2.24) is 5.16 Å². The summed E-state index contributed by atoms with van der Waals surface area (Å²) in [6, 6.07) is 4.72. The van der Waals surface area contributed by atoms with Gasteiger partial charge in [-0.3, -0.25) is 15.4 Å². The molecule has 2 rings (SSSR count). The molecule has 1 aromatic carbocycles. The zero-order chi connectivity index (χ0) is 17.2. The third kappa shape index (κ3) is 4.19. The van der Waals surface area contributed by atoms with Gasteiger partial charge >= 0.3 is 6.03 Å². The van der Waals surface area contributed by atoms with Gasteiger partial charge in [-0.2, -0.15) is 0 Å². The molecule has 0 aliphatic carbocycles. The van der Waals surface area contributed by atoms with Gasteiger partial charge in [0.2, 0.25) is 0 Å². The van der Waals surface area contributed by atoms with E-state index >= 15 is 0 Å².